The van der Waals surface area contributed by atoms with Crippen LogP contribution in [0.15, 0.2) is 48.7 Å². The number of benzene rings is 2. The van der Waals surface area contributed by atoms with Gasteiger partial charge in [-0.05, 0) is 66.4 Å². The van der Waals surface area contributed by atoms with Gasteiger partial charge in [-0.15, -0.1) is 0 Å². The third kappa shape index (κ3) is 5.31. The Hall–Kier alpha value is -3.58. The summed E-state index contributed by atoms with van der Waals surface area (Å²) in [5.74, 6) is -2.24. The zero-order valence-electron chi connectivity index (χ0n) is 20.2. The molecule has 3 aromatic rings. The van der Waals surface area contributed by atoms with Gasteiger partial charge in [0, 0.05) is 37.1 Å². The summed E-state index contributed by atoms with van der Waals surface area (Å²) in [4.78, 5) is 42.8. The van der Waals surface area contributed by atoms with Crippen molar-refractivity contribution >= 4 is 29.1 Å². The number of hydrogen-bond donors (Lipinski definition) is 1. The number of pyridine rings is 1. The quantitative estimate of drug-likeness (QED) is 0.448. The van der Waals surface area contributed by atoms with Gasteiger partial charge in [0.1, 0.15) is 23.1 Å². The molecule has 1 aliphatic rings. The molecule has 4 rings (SSSR count). The Morgan fingerprint density at radius 3 is 2.56 bits per heavy atom. The fraction of sp³-hybridized carbons (Fsp3) is 0.286. The third-order valence-electron chi connectivity index (χ3n) is 6.48. The average Bonchev–Trinajstić information content (AvgIpc) is 3.10. The van der Waals surface area contributed by atoms with Gasteiger partial charge in [-0.25, -0.2) is 4.39 Å². The Balaban J connectivity index is 1.48. The van der Waals surface area contributed by atoms with E-state index in [0.29, 0.717) is 34.5 Å². The molecule has 1 saturated carbocycles. The number of nitrogens with zero attached hydrogens (tertiary/aromatic N) is 1. The van der Waals surface area contributed by atoms with E-state index in [9.17, 15) is 18.8 Å². The molecule has 186 valence electrons. The molecule has 1 amide bonds. The van der Waals surface area contributed by atoms with Crippen molar-refractivity contribution in [3.05, 3.63) is 81.8 Å². The molecule has 8 heteroatoms. The van der Waals surface area contributed by atoms with Crippen molar-refractivity contribution in [3.63, 3.8) is 0 Å². The topological polar surface area (TPSA) is 85.4 Å². The number of nitrogens with one attached hydrogen (secondary N) is 1. The summed E-state index contributed by atoms with van der Waals surface area (Å²) >= 11 is 5.81. The number of hydrogen-bond acceptors (Lipinski definition) is 5. The molecule has 1 fully saturated rings. The van der Waals surface area contributed by atoms with Crippen molar-refractivity contribution in [3.8, 4) is 17.0 Å². The minimum absolute atomic E-state index is 0.0179. The molecule has 2 atom stereocenters. The van der Waals surface area contributed by atoms with Crippen LogP contribution in [0, 0.1) is 25.6 Å². The van der Waals surface area contributed by atoms with Gasteiger partial charge in [0.15, 0.2) is 11.6 Å². The molecule has 0 aliphatic heterocycles. The monoisotopic (exact) mass is 508 g/mol. The number of aromatic nitrogens is 1. The van der Waals surface area contributed by atoms with Crippen molar-refractivity contribution in [1.29, 1.82) is 0 Å². The first-order chi connectivity index (χ1) is 17.2. The maximum Gasteiger partial charge on any atom is 0.221 e. The summed E-state index contributed by atoms with van der Waals surface area (Å²) < 4.78 is 19.6. The summed E-state index contributed by atoms with van der Waals surface area (Å²) in [5.41, 5.74) is 3.54. The molecule has 1 aliphatic carbocycles. The summed E-state index contributed by atoms with van der Waals surface area (Å²) in [6.07, 6.45) is 1.33. The fourth-order valence-electron chi connectivity index (χ4n) is 4.80. The molecule has 1 heterocycles. The minimum Gasteiger partial charge on any atom is -0.497 e. The standard InChI is InChI=1S/C28H26ClFN2O4/c1-15-7-18(27-22(30)12-20(29)14-32-27)8-16(2)25(15)26-23(33)10-19(28(26)35)11-24(34)31-13-17-5-4-6-21(9-17)36-3/h4-9,12,14,19,26H,10-11,13H2,1-3H3,(H,31,34). The average molecular weight is 509 g/mol. The molecule has 1 aromatic heterocycles. The number of halogens is 2. The van der Waals surface area contributed by atoms with Crippen LogP contribution in [0.5, 0.6) is 5.75 Å². The van der Waals surface area contributed by atoms with E-state index in [1.807, 2.05) is 24.3 Å². The maximum absolute atomic E-state index is 14.4. The van der Waals surface area contributed by atoms with E-state index in [1.165, 1.54) is 12.3 Å². The van der Waals surface area contributed by atoms with E-state index in [0.717, 1.165) is 5.56 Å². The van der Waals surface area contributed by atoms with Gasteiger partial charge >= 0.3 is 0 Å². The lowest BCUT2D eigenvalue weighted by Gasteiger charge is -2.17. The van der Waals surface area contributed by atoms with Crippen LogP contribution >= 0.6 is 11.6 Å². The molecule has 0 spiro atoms. The molecule has 36 heavy (non-hydrogen) atoms. The predicted molar refractivity (Wildman–Crippen MR) is 134 cm³/mol. The lowest BCUT2D eigenvalue weighted by molar-refractivity contribution is -0.128. The molecule has 2 unspecified atom stereocenters. The Labute approximate surface area is 213 Å². The van der Waals surface area contributed by atoms with Crippen molar-refractivity contribution in [2.45, 2.75) is 39.2 Å². The number of methoxy groups -OCH3 is 1. The smallest absolute Gasteiger partial charge is 0.221 e. The zero-order chi connectivity index (χ0) is 26.0. The number of rotatable bonds is 7. The van der Waals surface area contributed by atoms with E-state index in [-0.39, 0.29) is 41.0 Å². The van der Waals surface area contributed by atoms with Gasteiger partial charge in [0.25, 0.3) is 0 Å². The largest absolute Gasteiger partial charge is 0.497 e. The van der Waals surface area contributed by atoms with E-state index >= 15 is 0 Å². The zero-order valence-corrected chi connectivity index (χ0v) is 21.0. The van der Waals surface area contributed by atoms with Crippen LogP contribution in [-0.2, 0) is 20.9 Å². The Morgan fingerprint density at radius 1 is 1.17 bits per heavy atom. The van der Waals surface area contributed by atoms with Crippen LogP contribution in [0.1, 0.15) is 41.0 Å². The molecular formula is C28H26ClFN2O4. The number of carbonyl (C=O) groups is 3. The van der Waals surface area contributed by atoms with Gasteiger partial charge in [-0.3, -0.25) is 19.4 Å². The first kappa shape index (κ1) is 25.5. The number of aryl methyl sites for hydroxylation is 2. The summed E-state index contributed by atoms with van der Waals surface area (Å²) in [7, 11) is 1.57. The van der Waals surface area contributed by atoms with Crippen LogP contribution in [0.25, 0.3) is 11.3 Å². The van der Waals surface area contributed by atoms with E-state index in [4.69, 9.17) is 16.3 Å². The lowest BCUT2D eigenvalue weighted by atomic mass is 9.85. The van der Waals surface area contributed by atoms with Crippen LogP contribution in [0.2, 0.25) is 5.02 Å². The molecule has 2 aromatic carbocycles. The van der Waals surface area contributed by atoms with E-state index in [1.54, 1.807) is 33.1 Å². The second-order valence-electron chi connectivity index (χ2n) is 9.04. The van der Waals surface area contributed by atoms with Crippen LogP contribution in [0.4, 0.5) is 4.39 Å². The number of carbonyl (C=O) groups excluding carboxylic acids is 3. The van der Waals surface area contributed by atoms with Gasteiger partial charge in [-0.1, -0.05) is 23.7 Å². The number of ether oxygens (including phenoxy) is 1. The predicted octanol–water partition coefficient (Wildman–Crippen LogP) is 5.11. The Morgan fingerprint density at radius 2 is 1.89 bits per heavy atom. The Bertz CT molecular complexity index is 1330. The van der Waals surface area contributed by atoms with Crippen LogP contribution in [-0.4, -0.2) is 29.6 Å². The van der Waals surface area contributed by atoms with Crippen molar-refractivity contribution < 1.29 is 23.5 Å². The Kier molecular flexibility index (Phi) is 7.50. The van der Waals surface area contributed by atoms with Gasteiger partial charge < -0.3 is 10.1 Å². The highest BCUT2D eigenvalue weighted by Crippen LogP contribution is 2.38. The van der Waals surface area contributed by atoms with Crippen LogP contribution in [0.3, 0.4) is 0 Å². The molecule has 0 saturated heterocycles. The summed E-state index contributed by atoms with van der Waals surface area (Å²) in [6.45, 7) is 3.87. The van der Waals surface area contributed by atoms with Crippen LogP contribution < -0.4 is 10.1 Å². The van der Waals surface area contributed by atoms with Gasteiger partial charge in [-0.2, -0.15) is 0 Å². The highest BCUT2D eigenvalue weighted by Gasteiger charge is 2.43. The van der Waals surface area contributed by atoms with Gasteiger partial charge in [0.05, 0.1) is 12.1 Å². The highest BCUT2D eigenvalue weighted by molar-refractivity contribution is 6.30. The first-order valence-corrected chi connectivity index (χ1v) is 11.9. The normalized spacial score (nSPS) is 17.4. The highest BCUT2D eigenvalue weighted by atomic mass is 35.5. The molecule has 6 nitrogen and oxygen atoms in total. The second kappa shape index (κ2) is 10.6. The molecule has 0 radical (unpaired) electrons. The van der Waals surface area contributed by atoms with Crippen molar-refractivity contribution in [2.75, 3.05) is 7.11 Å². The summed E-state index contributed by atoms with van der Waals surface area (Å²) in [5, 5.41) is 3.01. The van der Waals surface area contributed by atoms with E-state index < -0.39 is 17.7 Å². The number of amides is 1. The fourth-order valence-corrected chi connectivity index (χ4v) is 4.95. The molecule has 0 bridgehead atoms. The number of Topliss-reactive ketones (excluding diaryl/α,β-unsaturated/α-hetero) is 2. The number of ketones is 2. The first-order valence-electron chi connectivity index (χ1n) is 11.6. The molecular weight excluding hydrogens is 483 g/mol. The SMILES string of the molecule is COc1cccc(CNC(=O)CC2CC(=O)C(c3c(C)cc(-c4ncc(Cl)cc4F)cc3C)C2=O)c1. The van der Waals surface area contributed by atoms with E-state index in [2.05, 4.69) is 10.3 Å². The van der Waals surface area contributed by atoms with Gasteiger partial charge in [0.2, 0.25) is 5.91 Å². The van der Waals surface area contributed by atoms with Crippen molar-refractivity contribution in [2.24, 2.45) is 5.92 Å². The maximum atomic E-state index is 14.4. The summed E-state index contributed by atoms with van der Waals surface area (Å²) in [6, 6.07) is 12.0. The minimum atomic E-state index is -0.932. The second-order valence-corrected chi connectivity index (χ2v) is 9.48. The third-order valence-corrected chi connectivity index (χ3v) is 6.68. The molecule has 1 N–H and O–H groups in total. The lowest BCUT2D eigenvalue weighted by Crippen LogP contribution is -2.27. The van der Waals surface area contributed by atoms with Crippen molar-refractivity contribution in [1.82, 2.24) is 10.3 Å².